The van der Waals surface area contributed by atoms with Crippen LogP contribution in [0.25, 0.3) is 33.6 Å². The lowest BCUT2D eigenvalue weighted by Crippen LogP contribution is -2.40. The van der Waals surface area contributed by atoms with Gasteiger partial charge >= 0.3 is 0 Å². The molecule has 0 saturated carbocycles. The Bertz CT molecular complexity index is 2350. The average molecular weight is 747 g/mol. The first-order valence-electron chi connectivity index (χ1n) is 19.5. The van der Waals surface area contributed by atoms with E-state index in [0.29, 0.717) is 0 Å². The van der Waals surface area contributed by atoms with Gasteiger partial charge in [-0.2, -0.15) is 0 Å². The maximum Gasteiger partial charge on any atom is 0.245 e. The van der Waals surface area contributed by atoms with Gasteiger partial charge in [0.2, 0.25) is 11.8 Å². The Kier molecular flexibility index (Phi) is 10.2. The zero-order chi connectivity index (χ0) is 39.1. The van der Waals surface area contributed by atoms with Gasteiger partial charge in [0.05, 0.1) is 35.9 Å². The summed E-state index contributed by atoms with van der Waals surface area (Å²) >= 11 is 0. The Morgan fingerprint density at radius 3 is 1.86 bits per heavy atom. The second kappa shape index (κ2) is 15.4. The molecular formula is C46H50N8O2. The van der Waals surface area contributed by atoms with E-state index in [1.165, 1.54) is 22.3 Å². The van der Waals surface area contributed by atoms with Crippen LogP contribution in [0, 0.1) is 0 Å². The van der Waals surface area contributed by atoms with Gasteiger partial charge in [0.25, 0.3) is 0 Å². The monoisotopic (exact) mass is 746 g/mol. The molecule has 3 heterocycles. The van der Waals surface area contributed by atoms with E-state index in [2.05, 4.69) is 46.4 Å². The van der Waals surface area contributed by atoms with Gasteiger partial charge in [-0.05, 0) is 111 Å². The van der Waals surface area contributed by atoms with Crippen LogP contribution in [0.5, 0.6) is 0 Å². The van der Waals surface area contributed by atoms with Crippen molar-refractivity contribution in [3.05, 3.63) is 143 Å². The molecule has 10 nitrogen and oxygen atoms in total. The number of hydrogen-bond acceptors (Lipinski definition) is 6. The zero-order valence-corrected chi connectivity index (χ0v) is 33.0. The summed E-state index contributed by atoms with van der Waals surface area (Å²) in [6, 6.07) is 32.1. The summed E-state index contributed by atoms with van der Waals surface area (Å²) in [5, 5.41) is 0. The summed E-state index contributed by atoms with van der Waals surface area (Å²) in [4.78, 5) is 52.1. The molecule has 10 heteroatoms. The molecule has 2 aliphatic rings. The summed E-state index contributed by atoms with van der Waals surface area (Å²) in [7, 11) is 9.64. The number of rotatable bonds is 11. The van der Waals surface area contributed by atoms with Crippen molar-refractivity contribution < 1.29 is 9.59 Å². The number of carbonyl (C=O) groups is 2. The maximum absolute atomic E-state index is 14.0. The highest BCUT2D eigenvalue weighted by Gasteiger charge is 2.37. The third kappa shape index (κ3) is 6.95. The van der Waals surface area contributed by atoms with Crippen molar-refractivity contribution >= 4 is 11.8 Å². The van der Waals surface area contributed by atoms with Crippen LogP contribution in [0.15, 0.2) is 109 Å². The molecule has 0 spiro atoms. The molecule has 4 atom stereocenters. The van der Waals surface area contributed by atoms with E-state index in [1.807, 2.05) is 130 Å². The number of nitrogens with one attached hydrogen (secondary N) is 2. The fourth-order valence-corrected chi connectivity index (χ4v) is 8.53. The van der Waals surface area contributed by atoms with E-state index in [1.54, 1.807) is 4.90 Å². The molecule has 8 rings (SSSR count). The Balaban J connectivity index is 0.963. The van der Waals surface area contributed by atoms with Gasteiger partial charge < -0.3 is 19.8 Å². The van der Waals surface area contributed by atoms with Crippen molar-refractivity contribution in [3.8, 4) is 33.6 Å². The lowest BCUT2D eigenvalue weighted by atomic mass is 10.0. The first-order chi connectivity index (χ1) is 27.1. The molecule has 1 aliphatic heterocycles. The van der Waals surface area contributed by atoms with Crippen LogP contribution in [0.3, 0.4) is 0 Å². The second-order valence-electron chi connectivity index (χ2n) is 15.7. The molecule has 1 fully saturated rings. The standard InChI is InChI=1S/C46H50N8O2/c1-29(53(6)45(55)41(51(2)3)30-14-9-7-10-15-30)43-47-27-38(49-43)32-19-21-36-34(24-32)26-35-25-33(20-22-37(35)36)39-28-48-44(50-39)40-18-13-23-54(40)46(56)42(52(4)5)31-16-11-8-12-17-31/h7-12,14-17,19-22,24-25,27-29,40-42H,13,18,23,26H2,1-6H3,(H,47,49)(H,48,50)/t29-,40+,41+,42-/m0/s1. The molecule has 286 valence electrons. The minimum atomic E-state index is -0.387. The fourth-order valence-electron chi connectivity index (χ4n) is 8.53. The Morgan fingerprint density at radius 2 is 1.27 bits per heavy atom. The number of H-pyrrole nitrogens is 2. The van der Waals surface area contributed by atoms with E-state index in [9.17, 15) is 9.59 Å². The first kappa shape index (κ1) is 37.1. The van der Waals surface area contributed by atoms with Gasteiger partial charge in [-0.25, -0.2) is 9.97 Å². The molecular weight excluding hydrogens is 697 g/mol. The van der Waals surface area contributed by atoms with Crippen LogP contribution in [-0.4, -0.2) is 93.1 Å². The first-order valence-corrected chi connectivity index (χ1v) is 19.5. The normalized spacial score (nSPS) is 16.5. The van der Waals surface area contributed by atoms with Crippen molar-refractivity contribution in [2.75, 3.05) is 41.8 Å². The minimum Gasteiger partial charge on any atom is -0.340 e. The average Bonchev–Trinajstić information content (AvgIpc) is 4.03. The van der Waals surface area contributed by atoms with Crippen LogP contribution >= 0.6 is 0 Å². The summed E-state index contributed by atoms with van der Waals surface area (Å²) < 4.78 is 0. The van der Waals surface area contributed by atoms with Gasteiger partial charge in [0.15, 0.2) is 0 Å². The number of benzene rings is 4. The van der Waals surface area contributed by atoms with Crippen molar-refractivity contribution in [2.45, 2.75) is 50.4 Å². The van der Waals surface area contributed by atoms with Crippen LogP contribution in [0.4, 0.5) is 0 Å². The van der Waals surface area contributed by atoms with Crippen molar-refractivity contribution in [1.29, 1.82) is 0 Å². The highest BCUT2D eigenvalue weighted by Crippen LogP contribution is 2.41. The SMILES string of the molecule is C[C@@H](c1ncc(-c2ccc3c(c2)Cc2cc(-c4cnc([C@H]5CCCN5C(=O)[C@H](c5ccccc5)N(C)C)[nH]4)ccc2-3)[nH]1)N(C)C(=O)[C@@H](c1ccccc1)N(C)C. The topological polar surface area (TPSA) is 104 Å². The van der Waals surface area contributed by atoms with E-state index in [-0.39, 0.29) is 36.0 Å². The van der Waals surface area contributed by atoms with E-state index in [0.717, 1.165) is 71.1 Å². The number of imidazole rings is 2. The number of amides is 2. The summed E-state index contributed by atoms with van der Waals surface area (Å²) in [6.07, 6.45) is 6.42. The van der Waals surface area contributed by atoms with E-state index in [4.69, 9.17) is 9.97 Å². The Hall–Kier alpha value is -5.84. The van der Waals surface area contributed by atoms with Crippen LogP contribution in [0.1, 0.15) is 77.8 Å². The quantitative estimate of drug-likeness (QED) is 0.140. The molecule has 2 aromatic heterocycles. The number of likely N-dealkylation sites (tertiary alicyclic amines) is 1. The summed E-state index contributed by atoms with van der Waals surface area (Å²) in [5.74, 6) is 1.70. The second-order valence-corrected chi connectivity index (χ2v) is 15.7. The maximum atomic E-state index is 14.0. The fraction of sp³-hybridized carbons (Fsp3) is 0.304. The smallest absolute Gasteiger partial charge is 0.245 e. The number of likely N-dealkylation sites (N-methyl/N-ethyl adjacent to an activating group) is 3. The van der Waals surface area contributed by atoms with Crippen molar-refractivity contribution in [2.24, 2.45) is 0 Å². The number of aromatic nitrogens is 4. The largest absolute Gasteiger partial charge is 0.340 e. The third-order valence-electron chi connectivity index (χ3n) is 11.6. The molecule has 1 saturated heterocycles. The lowest BCUT2D eigenvalue weighted by Gasteiger charge is -2.31. The number of fused-ring (bicyclic) bond motifs is 3. The molecule has 0 unspecified atom stereocenters. The molecule has 2 N–H and O–H groups in total. The number of nitrogens with zero attached hydrogens (tertiary/aromatic N) is 6. The van der Waals surface area contributed by atoms with Gasteiger partial charge in [-0.3, -0.25) is 19.4 Å². The Labute approximate surface area is 329 Å². The minimum absolute atomic E-state index is 0.0141. The van der Waals surface area contributed by atoms with Gasteiger partial charge in [-0.15, -0.1) is 0 Å². The highest BCUT2D eigenvalue weighted by atomic mass is 16.2. The number of hydrogen-bond donors (Lipinski definition) is 2. The van der Waals surface area contributed by atoms with E-state index >= 15 is 0 Å². The predicted molar refractivity (Wildman–Crippen MR) is 220 cm³/mol. The van der Waals surface area contributed by atoms with Crippen LogP contribution in [-0.2, 0) is 16.0 Å². The van der Waals surface area contributed by atoms with E-state index < -0.39 is 0 Å². The summed E-state index contributed by atoms with van der Waals surface area (Å²) in [5.41, 5.74) is 11.0. The highest BCUT2D eigenvalue weighted by molar-refractivity contribution is 5.85. The molecule has 56 heavy (non-hydrogen) atoms. The van der Waals surface area contributed by atoms with Crippen LogP contribution in [0.2, 0.25) is 0 Å². The van der Waals surface area contributed by atoms with Crippen LogP contribution < -0.4 is 0 Å². The number of aromatic amines is 2. The molecule has 1 aliphatic carbocycles. The van der Waals surface area contributed by atoms with Crippen molar-refractivity contribution in [3.63, 3.8) is 0 Å². The molecule has 4 aromatic carbocycles. The van der Waals surface area contributed by atoms with Gasteiger partial charge in [-0.1, -0.05) is 84.9 Å². The molecule has 0 radical (unpaired) electrons. The molecule has 0 bridgehead atoms. The van der Waals surface area contributed by atoms with Gasteiger partial charge in [0.1, 0.15) is 23.7 Å². The molecule has 2 amide bonds. The Morgan fingerprint density at radius 1 is 0.714 bits per heavy atom. The number of carbonyl (C=O) groups excluding carboxylic acids is 2. The van der Waals surface area contributed by atoms with Crippen molar-refractivity contribution in [1.82, 2.24) is 39.5 Å². The lowest BCUT2D eigenvalue weighted by molar-refractivity contribution is -0.138. The zero-order valence-electron chi connectivity index (χ0n) is 33.0. The molecule has 6 aromatic rings. The summed E-state index contributed by atoms with van der Waals surface area (Å²) in [6.45, 7) is 2.73. The van der Waals surface area contributed by atoms with Gasteiger partial charge in [0, 0.05) is 13.6 Å². The third-order valence-corrected chi connectivity index (χ3v) is 11.6. The predicted octanol–water partition coefficient (Wildman–Crippen LogP) is 7.83.